The molecular formula is C20H34O7. The fourth-order valence-corrected chi connectivity index (χ4v) is 6.25. The van der Waals surface area contributed by atoms with Gasteiger partial charge < -0.3 is 30.3 Å². The van der Waals surface area contributed by atoms with Gasteiger partial charge in [-0.1, -0.05) is 20.8 Å². The van der Waals surface area contributed by atoms with E-state index >= 15 is 0 Å². The zero-order valence-electron chi connectivity index (χ0n) is 16.5. The minimum Gasteiger partial charge on any atom is -0.465 e. The van der Waals surface area contributed by atoms with Crippen LogP contribution in [0.15, 0.2) is 0 Å². The van der Waals surface area contributed by atoms with Crippen LogP contribution in [0.4, 0.5) is 0 Å². The molecule has 0 aromatic heterocycles. The lowest BCUT2D eigenvalue weighted by atomic mass is 9.43. The molecule has 1 heterocycles. The Morgan fingerprint density at radius 3 is 2.41 bits per heavy atom. The number of aliphatic hydroxyl groups excluding tert-OH is 4. The van der Waals surface area contributed by atoms with Crippen LogP contribution in [0.3, 0.4) is 0 Å². The van der Waals surface area contributed by atoms with Gasteiger partial charge in [0.1, 0.15) is 5.60 Å². The van der Waals surface area contributed by atoms with Gasteiger partial charge in [-0.05, 0) is 48.9 Å². The number of esters is 1. The molecule has 3 rings (SSSR count). The van der Waals surface area contributed by atoms with Crippen molar-refractivity contribution in [1.82, 2.24) is 0 Å². The van der Waals surface area contributed by atoms with E-state index in [-0.39, 0.29) is 25.4 Å². The van der Waals surface area contributed by atoms with Crippen molar-refractivity contribution in [2.45, 2.75) is 76.8 Å². The van der Waals surface area contributed by atoms with Crippen molar-refractivity contribution in [2.24, 2.45) is 28.6 Å². The van der Waals surface area contributed by atoms with Gasteiger partial charge in [0.25, 0.3) is 0 Å². The van der Waals surface area contributed by atoms with Crippen LogP contribution in [0.25, 0.3) is 0 Å². The van der Waals surface area contributed by atoms with E-state index in [4.69, 9.17) is 4.74 Å². The number of hydrogen-bond donors (Lipinski definition) is 5. The number of cyclic esters (lactones) is 1. The third kappa shape index (κ3) is 3.12. The minimum atomic E-state index is -1.76. The van der Waals surface area contributed by atoms with Crippen molar-refractivity contribution in [3.8, 4) is 0 Å². The van der Waals surface area contributed by atoms with Gasteiger partial charge in [-0.2, -0.15) is 0 Å². The Kier molecular flexibility index (Phi) is 5.41. The Bertz CT molecular complexity index is 579. The van der Waals surface area contributed by atoms with E-state index in [1.165, 1.54) is 0 Å². The molecule has 0 bridgehead atoms. The molecule has 2 saturated carbocycles. The van der Waals surface area contributed by atoms with Crippen LogP contribution in [0.2, 0.25) is 0 Å². The molecule has 2 aliphatic carbocycles. The second-order valence-electron chi connectivity index (χ2n) is 9.75. The molecule has 3 fully saturated rings. The van der Waals surface area contributed by atoms with Gasteiger partial charge in [-0.3, -0.25) is 4.79 Å². The Balaban J connectivity index is 1.96. The van der Waals surface area contributed by atoms with Crippen molar-refractivity contribution >= 4 is 5.97 Å². The van der Waals surface area contributed by atoms with Crippen LogP contribution in [0.5, 0.6) is 0 Å². The second kappa shape index (κ2) is 6.95. The highest BCUT2D eigenvalue weighted by Crippen LogP contribution is 2.63. The summed E-state index contributed by atoms with van der Waals surface area (Å²) in [5.74, 6) is -1.79. The molecule has 0 unspecified atom stereocenters. The van der Waals surface area contributed by atoms with Crippen molar-refractivity contribution in [2.75, 3.05) is 13.2 Å². The third-order valence-electron chi connectivity index (χ3n) is 8.12. The number of fused-ring (bicyclic) bond motifs is 1. The monoisotopic (exact) mass is 386 g/mol. The van der Waals surface area contributed by atoms with E-state index in [0.717, 1.165) is 0 Å². The molecule has 8 atom stereocenters. The topological polar surface area (TPSA) is 127 Å². The van der Waals surface area contributed by atoms with Crippen LogP contribution in [-0.4, -0.2) is 68.6 Å². The summed E-state index contributed by atoms with van der Waals surface area (Å²) in [6.07, 6.45) is -0.739. The summed E-state index contributed by atoms with van der Waals surface area (Å²) in [6.45, 7) is 5.61. The quantitative estimate of drug-likeness (QED) is 0.437. The molecule has 7 heteroatoms. The Morgan fingerprint density at radius 1 is 1.19 bits per heavy atom. The molecule has 0 aromatic rings. The lowest BCUT2D eigenvalue weighted by Gasteiger charge is -2.64. The summed E-state index contributed by atoms with van der Waals surface area (Å²) >= 11 is 0. The standard InChI is InChI=1S/C20H34O7/c1-18(2)13-9-16(24)20(26,10-21)14(19(13,3)6-4-15(18)23)8-12(22)11-5-7-27-17(11)25/h11-16,21-24,26H,4-10H2,1-3H3/t11-,12+,13+,14-,15+,16+,19+,20-/m1/s1. The summed E-state index contributed by atoms with van der Waals surface area (Å²) in [7, 11) is 0. The maximum atomic E-state index is 11.9. The smallest absolute Gasteiger partial charge is 0.311 e. The number of carbonyl (C=O) groups excluding carboxylic acids is 1. The van der Waals surface area contributed by atoms with Crippen molar-refractivity contribution < 1.29 is 35.1 Å². The highest BCUT2D eigenvalue weighted by molar-refractivity contribution is 5.74. The van der Waals surface area contributed by atoms with Crippen molar-refractivity contribution in [3.63, 3.8) is 0 Å². The van der Waals surface area contributed by atoms with Gasteiger partial charge in [0.15, 0.2) is 0 Å². The first-order chi connectivity index (χ1) is 12.5. The molecule has 1 aliphatic heterocycles. The maximum Gasteiger partial charge on any atom is 0.311 e. The van der Waals surface area contributed by atoms with Crippen molar-refractivity contribution in [1.29, 1.82) is 0 Å². The molecule has 7 nitrogen and oxygen atoms in total. The van der Waals surface area contributed by atoms with Gasteiger partial charge in [-0.25, -0.2) is 0 Å². The first kappa shape index (κ1) is 21.0. The SMILES string of the molecule is CC1(C)[C@@H](O)CC[C@]2(C)[C@@H](C[C@H](O)[C@H]3CCOC3=O)[C@](O)(CO)[C@@H](O)C[C@@H]12. The molecule has 0 radical (unpaired) electrons. The van der Waals surface area contributed by atoms with Gasteiger partial charge in [-0.15, -0.1) is 0 Å². The summed E-state index contributed by atoms with van der Waals surface area (Å²) < 4.78 is 4.96. The second-order valence-corrected chi connectivity index (χ2v) is 9.75. The normalized spacial score (nSPS) is 48.0. The predicted molar refractivity (Wildman–Crippen MR) is 96.5 cm³/mol. The summed E-state index contributed by atoms with van der Waals surface area (Å²) in [6, 6.07) is 0. The van der Waals surface area contributed by atoms with Crippen LogP contribution in [-0.2, 0) is 9.53 Å². The zero-order chi connectivity index (χ0) is 20.2. The highest BCUT2D eigenvalue weighted by Gasteiger charge is 2.64. The Hall–Kier alpha value is -0.730. The van der Waals surface area contributed by atoms with Crippen LogP contribution >= 0.6 is 0 Å². The molecule has 5 N–H and O–H groups in total. The highest BCUT2D eigenvalue weighted by atomic mass is 16.5. The minimum absolute atomic E-state index is 0.0903. The number of aliphatic hydroxyl groups is 5. The molecule has 0 aromatic carbocycles. The third-order valence-corrected chi connectivity index (χ3v) is 8.12. The Morgan fingerprint density at radius 2 is 1.85 bits per heavy atom. The fourth-order valence-electron chi connectivity index (χ4n) is 6.25. The Labute approximate surface area is 160 Å². The summed E-state index contributed by atoms with van der Waals surface area (Å²) in [5.41, 5.74) is -2.73. The van der Waals surface area contributed by atoms with Gasteiger partial charge >= 0.3 is 5.97 Å². The van der Waals surface area contributed by atoms with E-state index < -0.39 is 59.2 Å². The molecule has 1 saturated heterocycles. The first-order valence-electron chi connectivity index (χ1n) is 10.0. The van der Waals surface area contributed by atoms with Crippen LogP contribution < -0.4 is 0 Å². The molecule has 0 spiro atoms. The van der Waals surface area contributed by atoms with E-state index in [0.29, 0.717) is 19.3 Å². The fraction of sp³-hybridized carbons (Fsp3) is 0.950. The predicted octanol–water partition coefficient (Wildman–Crippen LogP) is 0.208. The maximum absolute atomic E-state index is 11.9. The summed E-state index contributed by atoms with van der Waals surface area (Å²) in [5, 5.41) is 53.2. The van der Waals surface area contributed by atoms with E-state index in [9.17, 15) is 30.3 Å². The van der Waals surface area contributed by atoms with E-state index in [1.54, 1.807) is 0 Å². The van der Waals surface area contributed by atoms with Crippen LogP contribution in [0.1, 0.15) is 52.9 Å². The van der Waals surface area contributed by atoms with Gasteiger partial charge in [0.05, 0.1) is 37.4 Å². The average Bonchev–Trinajstić information content (AvgIpc) is 3.04. The summed E-state index contributed by atoms with van der Waals surface area (Å²) in [4.78, 5) is 11.9. The number of carbonyl (C=O) groups is 1. The lowest BCUT2D eigenvalue weighted by molar-refractivity contribution is -0.257. The van der Waals surface area contributed by atoms with Crippen LogP contribution in [0, 0.1) is 28.6 Å². The van der Waals surface area contributed by atoms with E-state index in [1.807, 2.05) is 20.8 Å². The van der Waals surface area contributed by atoms with Gasteiger partial charge in [0.2, 0.25) is 0 Å². The number of hydrogen-bond acceptors (Lipinski definition) is 7. The molecular weight excluding hydrogens is 352 g/mol. The van der Waals surface area contributed by atoms with Gasteiger partial charge in [0, 0.05) is 5.92 Å². The molecule has 0 amide bonds. The number of rotatable bonds is 4. The lowest BCUT2D eigenvalue weighted by Crippen LogP contribution is -2.68. The van der Waals surface area contributed by atoms with Crippen molar-refractivity contribution in [3.05, 3.63) is 0 Å². The number of ether oxygens (including phenoxy) is 1. The van der Waals surface area contributed by atoms with E-state index in [2.05, 4.69) is 0 Å². The largest absolute Gasteiger partial charge is 0.465 e. The average molecular weight is 386 g/mol. The molecule has 3 aliphatic rings. The molecule has 156 valence electrons. The first-order valence-corrected chi connectivity index (χ1v) is 10.0. The zero-order valence-corrected chi connectivity index (χ0v) is 16.5. The molecule has 27 heavy (non-hydrogen) atoms.